The van der Waals surface area contributed by atoms with E-state index in [1.54, 1.807) is 6.07 Å². The van der Waals surface area contributed by atoms with Gasteiger partial charge >= 0.3 is 6.36 Å². The van der Waals surface area contributed by atoms with Crippen LogP contribution in [0.2, 0.25) is 0 Å². The van der Waals surface area contributed by atoms with E-state index < -0.39 is 12.3 Å². The van der Waals surface area contributed by atoms with E-state index in [-0.39, 0.29) is 17.9 Å². The Morgan fingerprint density at radius 3 is 2.59 bits per heavy atom. The fraction of sp³-hybridized carbons (Fsp3) is 0.143. The summed E-state index contributed by atoms with van der Waals surface area (Å²) in [6.45, 7) is -0.126. The van der Waals surface area contributed by atoms with Crippen LogP contribution in [0.5, 0.6) is 5.75 Å². The molecule has 0 radical (unpaired) electrons. The van der Waals surface area contributed by atoms with E-state index in [2.05, 4.69) is 10.1 Å². The average molecular weight is 329 g/mol. The fourth-order valence-corrected chi connectivity index (χ4v) is 2.41. The minimum atomic E-state index is -4.80. The first-order chi connectivity index (χ1) is 10.4. The molecule has 0 spiro atoms. The van der Waals surface area contributed by atoms with Gasteiger partial charge in [0.1, 0.15) is 5.75 Å². The summed E-state index contributed by atoms with van der Waals surface area (Å²) in [6, 6.07) is 8.51. The summed E-state index contributed by atoms with van der Waals surface area (Å²) in [7, 11) is 0. The first-order valence-electron chi connectivity index (χ1n) is 6.06. The van der Waals surface area contributed by atoms with Gasteiger partial charge in [0.25, 0.3) is 5.91 Å². The van der Waals surface area contributed by atoms with Crippen LogP contribution in [0.1, 0.15) is 24.9 Å². The topological polar surface area (TPSA) is 55.4 Å². The normalized spacial score (nSPS) is 11.0. The van der Waals surface area contributed by atoms with Crippen molar-refractivity contribution in [3.05, 3.63) is 51.7 Å². The molecule has 0 aliphatic rings. The lowest BCUT2D eigenvalue weighted by atomic mass is 10.2. The van der Waals surface area contributed by atoms with E-state index in [0.717, 1.165) is 11.3 Å². The van der Waals surface area contributed by atoms with Gasteiger partial charge in [0.2, 0.25) is 0 Å². The standard InChI is InChI=1S/C14H10F3NO3S/c15-14(16,17)21-11-4-2-1-3-9(11)7-18-13(20)12-6-5-10(8-19)22-12/h1-6,8H,7H2,(H,18,20). The number of amides is 1. The van der Waals surface area contributed by atoms with Gasteiger partial charge in [-0.15, -0.1) is 24.5 Å². The zero-order chi connectivity index (χ0) is 16.2. The van der Waals surface area contributed by atoms with Crippen molar-refractivity contribution in [2.45, 2.75) is 12.9 Å². The Balaban J connectivity index is 2.05. The molecule has 0 aliphatic heterocycles. The highest BCUT2D eigenvalue weighted by atomic mass is 32.1. The second kappa shape index (κ2) is 6.61. The molecule has 0 bridgehead atoms. The second-order valence-electron chi connectivity index (χ2n) is 4.16. The summed E-state index contributed by atoms with van der Waals surface area (Å²) in [5.41, 5.74) is 0.195. The summed E-state index contributed by atoms with van der Waals surface area (Å²) < 4.78 is 40.8. The van der Waals surface area contributed by atoms with E-state index in [1.165, 1.54) is 30.3 Å². The van der Waals surface area contributed by atoms with E-state index in [1.807, 2.05) is 0 Å². The van der Waals surface area contributed by atoms with E-state index >= 15 is 0 Å². The van der Waals surface area contributed by atoms with Gasteiger partial charge in [-0.3, -0.25) is 9.59 Å². The lowest BCUT2D eigenvalue weighted by Crippen LogP contribution is -2.23. The number of thiophene rings is 1. The number of para-hydroxylation sites is 1. The van der Waals surface area contributed by atoms with Crippen molar-refractivity contribution in [1.82, 2.24) is 5.32 Å². The van der Waals surface area contributed by atoms with Gasteiger partial charge in [-0.1, -0.05) is 18.2 Å². The van der Waals surface area contributed by atoms with Gasteiger partial charge in [-0.2, -0.15) is 0 Å². The average Bonchev–Trinajstić information content (AvgIpc) is 2.93. The smallest absolute Gasteiger partial charge is 0.405 e. The number of nitrogens with one attached hydrogen (secondary N) is 1. The summed E-state index contributed by atoms with van der Waals surface area (Å²) in [4.78, 5) is 23.1. The quantitative estimate of drug-likeness (QED) is 0.856. The van der Waals surface area contributed by atoms with Crippen LogP contribution in [0.3, 0.4) is 0 Å². The van der Waals surface area contributed by atoms with E-state index in [9.17, 15) is 22.8 Å². The minimum Gasteiger partial charge on any atom is -0.405 e. The maximum atomic E-state index is 12.3. The number of aldehydes is 1. The molecule has 0 unspecified atom stereocenters. The molecule has 1 aromatic carbocycles. The number of hydrogen-bond donors (Lipinski definition) is 1. The SMILES string of the molecule is O=Cc1ccc(C(=O)NCc2ccccc2OC(F)(F)F)s1. The van der Waals surface area contributed by atoms with E-state index in [4.69, 9.17) is 0 Å². The second-order valence-corrected chi connectivity index (χ2v) is 5.27. The number of carbonyl (C=O) groups is 2. The molecule has 4 nitrogen and oxygen atoms in total. The van der Waals surface area contributed by atoms with Gasteiger partial charge in [-0.05, 0) is 18.2 Å². The lowest BCUT2D eigenvalue weighted by molar-refractivity contribution is -0.274. The lowest BCUT2D eigenvalue weighted by Gasteiger charge is -2.13. The molecule has 0 aliphatic carbocycles. The van der Waals surface area contributed by atoms with Crippen molar-refractivity contribution in [3.63, 3.8) is 0 Å². The van der Waals surface area contributed by atoms with Crippen molar-refractivity contribution in [1.29, 1.82) is 0 Å². The summed E-state index contributed by atoms with van der Waals surface area (Å²) in [5.74, 6) is -0.838. The van der Waals surface area contributed by atoms with Gasteiger partial charge in [-0.25, -0.2) is 0 Å². The molecular formula is C14H10F3NO3S. The first kappa shape index (κ1) is 16.0. The zero-order valence-corrected chi connectivity index (χ0v) is 11.8. The van der Waals surface area contributed by atoms with Gasteiger partial charge in [0, 0.05) is 12.1 Å². The monoisotopic (exact) mass is 329 g/mol. The molecule has 1 amide bonds. The minimum absolute atomic E-state index is 0.126. The summed E-state index contributed by atoms with van der Waals surface area (Å²) in [6.07, 6.45) is -4.18. The van der Waals surface area contributed by atoms with Crippen LogP contribution in [0.15, 0.2) is 36.4 Å². The third kappa shape index (κ3) is 4.32. The molecule has 0 saturated carbocycles. The predicted octanol–water partition coefficient (Wildman–Crippen LogP) is 3.39. The largest absolute Gasteiger partial charge is 0.573 e. The Morgan fingerprint density at radius 1 is 1.23 bits per heavy atom. The third-order valence-corrected chi connectivity index (χ3v) is 3.61. The van der Waals surface area contributed by atoms with Crippen molar-refractivity contribution in [2.75, 3.05) is 0 Å². The van der Waals surface area contributed by atoms with Gasteiger partial charge < -0.3 is 10.1 Å². The molecule has 0 saturated heterocycles. The first-order valence-corrected chi connectivity index (χ1v) is 6.87. The highest BCUT2D eigenvalue weighted by molar-refractivity contribution is 7.15. The van der Waals surface area contributed by atoms with Crippen LogP contribution in [-0.4, -0.2) is 18.6 Å². The Labute approximate surface area is 127 Å². The van der Waals surface area contributed by atoms with Gasteiger partial charge in [0.15, 0.2) is 6.29 Å². The fourth-order valence-electron chi connectivity index (χ4n) is 1.67. The van der Waals surface area contributed by atoms with Crippen LogP contribution in [-0.2, 0) is 6.54 Å². The molecule has 8 heteroatoms. The Hall–Kier alpha value is -2.35. The number of carbonyl (C=O) groups excluding carboxylic acids is 2. The van der Waals surface area contributed by atoms with Crippen molar-refractivity contribution in [3.8, 4) is 5.75 Å². The highest BCUT2D eigenvalue weighted by Crippen LogP contribution is 2.26. The molecule has 22 heavy (non-hydrogen) atoms. The Bertz CT molecular complexity index is 682. The number of benzene rings is 1. The number of ether oxygens (including phenoxy) is 1. The summed E-state index contributed by atoms with van der Waals surface area (Å²) >= 11 is 0.999. The van der Waals surface area contributed by atoms with Crippen LogP contribution < -0.4 is 10.1 Å². The maximum absolute atomic E-state index is 12.3. The number of halogens is 3. The Morgan fingerprint density at radius 2 is 1.95 bits per heavy atom. The third-order valence-electron chi connectivity index (χ3n) is 2.60. The Kier molecular flexibility index (Phi) is 4.81. The number of hydrogen-bond acceptors (Lipinski definition) is 4. The zero-order valence-electron chi connectivity index (χ0n) is 11.0. The molecule has 0 atom stereocenters. The molecular weight excluding hydrogens is 319 g/mol. The van der Waals surface area contributed by atoms with Crippen LogP contribution in [0.4, 0.5) is 13.2 Å². The maximum Gasteiger partial charge on any atom is 0.573 e. The van der Waals surface area contributed by atoms with Crippen LogP contribution in [0.25, 0.3) is 0 Å². The molecule has 0 fully saturated rings. The summed E-state index contributed by atoms with van der Waals surface area (Å²) in [5, 5.41) is 2.49. The molecule has 1 N–H and O–H groups in total. The van der Waals surface area contributed by atoms with Crippen molar-refractivity contribution < 1.29 is 27.5 Å². The van der Waals surface area contributed by atoms with Gasteiger partial charge in [0.05, 0.1) is 9.75 Å². The molecule has 1 aromatic heterocycles. The molecule has 116 valence electrons. The van der Waals surface area contributed by atoms with E-state index in [0.29, 0.717) is 16.0 Å². The van der Waals surface area contributed by atoms with Crippen molar-refractivity contribution in [2.24, 2.45) is 0 Å². The van der Waals surface area contributed by atoms with Crippen LogP contribution >= 0.6 is 11.3 Å². The highest BCUT2D eigenvalue weighted by Gasteiger charge is 2.32. The predicted molar refractivity (Wildman–Crippen MR) is 74.0 cm³/mol. The molecule has 1 heterocycles. The molecule has 2 rings (SSSR count). The number of alkyl halides is 3. The van der Waals surface area contributed by atoms with Crippen LogP contribution in [0, 0.1) is 0 Å². The number of rotatable bonds is 5. The molecule has 2 aromatic rings. The van der Waals surface area contributed by atoms with Crippen molar-refractivity contribution >= 4 is 23.5 Å².